The molecule has 0 radical (unpaired) electrons. The highest BCUT2D eigenvalue weighted by atomic mass is 79.9. The van der Waals surface area contributed by atoms with Gasteiger partial charge in [0, 0.05) is 26.2 Å². The first-order chi connectivity index (χ1) is 15.0. The number of nitrogens with one attached hydrogen (secondary N) is 1. The van der Waals surface area contributed by atoms with Crippen molar-refractivity contribution in [3.63, 3.8) is 0 Å². The fourth-order valence-corrected chi connectivity index (χ4v) is 3.24. The monoisotopic (exact) mass is 504 g/mol. The number of carbonyl (C=O) groups excluding carboxylic acids is 1. The van der Waals surface area contributed by atoms with Crippen molar-refractivity contribution < 1.29 is 18.7 Å². The predicted octanol–water partition coefficient (Wildman–Crippen LogP) is 5.98. The second-order valence-corrected chi connectivity index (χ2v) is 7.60. The second-order valence-electron chi connectivity index (χ2n) is 6.34. The van der Waals surface area contributed by atoms with E-state index in [1.54, 1.807) is 18.2 Å². The molecule has 31 heavy (non-hydrogen) atoms. The van der Waals surface area contributed by atoms with Crippen LogP contribution in [0.1, 0.15) is 28.4 Å². The van der Waals surface area contributed by atoms with Gasteiger partial charge in [0.1, 0.15) is 12.4 Å². The van der Waals surface area contributed by atoms with Crippen LogP contribution in [0.5, 0.6) is 11.5 Å². The van der Waals surface area contributed by atoms with E-state index in [2.05, 4.69) is 26.5 Å². The quantitative estimate of drug-likeness (QED) is 0.302. The van der Waals surface area contributed by atoms with Crippen LogP contribution >= 0.6 is 27.5 Å². The fraction of sp³-hybridized carbons (Fsp3) is 0.130. The summed E-state index contributed by atoms with van der Waals surface area (Å²) >= 11 is 9.68. The van der Waals surface area contributed by atoms with Crippen LogP contribution in [0, 0.1) is 5.82 Å². The highest BCUT2D eigenvalue weighted by Crippen LogP contribution is 2.34. The number of hydrogen-bond donors (Lipinski definition) is 1. The van der Waals surface area contributed by atoms with Crippen molar-refractivity contribution in [2.75, 3.05) is 6.61 Å². The van der Waals surface area contributed by atoms with Crippen molar-refractivity contribution in [3.8, 4) is 11.5 Å². The Labute approximate surface area is 193 Å². The molecule has 1 amide bonds. The Hall–Kier alpha value is -2.90. The number of rotatable bonds is 8. The lowest BCUT2D eigenvalue weighted by atomic mass is 10.2. The number of benzene rings is 3. The van der Waals surface area contributed by atoms with Crippen LogP contribution in [0.4, 0.5) is 4.39 Å². The molecule has 0 heterocycles. The molecule has 8 heteroatoms. The second kappa shape index (κ2) is 10.9. The van der Waals surface area contributed by atoms with Crippen molar-refractivity contribution in [2.24, 2.45) is 5.10 Å². The van der Waals surface area contributed by atoms with Gasteiger partial charge in [0.2, 0.25) is 0 Å². The Bertz CT molecular complexity index is 1090. The molecule has 3 rings (SSSR count). The van der Waals surface area contributed by atoms with Crippen LogP contribution in [-0.2, 0) is 6.61 Å². The van der Waals surface area contributed by atoms with Gasteiger partial charge < -0.3 is 9.47 Å². The van der Waals surface area contributed by atoms with Crippen LogP contribution in [0.2, 0.25) is 5.02 Å². The third-order valence-corrected chi connectivity index (χ3v) is 5.24. The van der Waals surface area contributed by atoms with Gasteiger partial charge in [-0.25, -0.2) is 9.82 Å². The van der Waals surface area contributed by atoms with E-state index < -0.39 is 11.7 Å². The Balaban J connectivity index is 1.73. The SMILES string of the molecule is CCOc1cc(/C=N\NC(=O)c2ccc(F)cc2)c(Br)cc1OCc1ccccc1Cl. The number of carbonyl (C=O) groups is 1. The van der Waals surface area contributed by atoms with E-state index in [1.807, 2.05) is 25.1 Å². The summed E-state index contributed by atoms with van der Waals surface area (Å²) in [5.74, 6) is 0.214. The molecular weight excluding hydrogens is 487 g/mol. The highest BCUT2D eigenvalue weighted by molar-refractivity contribution is 9.10. The number of ether oxygens (including phenoxy) is 2. The smallest absolute Gasteiger partial charge is 0.271 e. The summed E-state index contributed by atoms with van der Waals surface area (Å²) in [6, 6.07) is 16.2. The molecule has 0 aliphatic carbocycles. The molecular formula is C23H19BrClFN2O3. The zero-order valence-corrected chi connectivity index (χ0v) is 18.9. The third kappa shape index (κ3) is 6.29. The van der Waals surface area contributed by atoms with Crippen molar-refractivity contribution in [2.45, 2.75) is 13.5 Å². The standard InChI is InChI=1S/C23H19BrClFN2O3/c1-2-30-21-11-17(13-27-28-23(29)15-7-9-18(26)10-8-15)19(24)12-22(21)31-14-16-5-3-4-6-20(16)25/h3-13H,2,14H2,1H3,(H,28,29)/b27-13-. The molecule has 3 aromatic rings. The first-order valence-electron chi connectivity index (χ1n) is 9.39. The lowest BCUT2D eigenvalue weighted by molar-refractivity contribution is 0.0955. The van der Waals surface area contributed by atoms with Crippen molar-refractivity contribution in [1.29, 1.82) is 0 Å². The number of hydrogen-bond acceptors (Lipinski definition) is 4. The third-order valence-electron chi connectivity index (χ3n) is 4.18. The molecule has 0 atom stereocenters. The topological polar surface area (TPSA) is 59.9 Å². The molecule has 3 aromatic carbocycles. The van der Waals surface area contributed by atoms with E-state index in [4.69, 9.17) is 21.1 Å². The Morgan fingerprint density at radius 2 is 1.84 bits per heavy atom. The number of nitrogens with zero attached hydrogens (tertiary/aromatic N) is 1. The zero-order valence-electron chi connectivity index (χ0n) is 16.6. The minimum atomic E-state index is -0.447. The highest BCUT2D eigenvalue weighted by Gasteiger charge is 2.12. The van der Waals surface area contributed by atoms with E-state index >= 15 is 0 Å². The van der Waals surface area contributed by atoms with Crippen LogP contribution < -0.4 is 14.9 Å². The molecule has 0 saturated carbocycles. The molecule has 160 valence electrons. The first-order valence-corrected chi connectivity index (χ1v) is 10.6. The summed E-state index contributed by atoms with van der Waals surface area (Å²) in [5.41, 5.74) is 4.25. The molecule has 0 unspecified atom stereocenters. The number of amides is 1. The summed E-state index contributed by atoms with van der Waals surface area (Å²) in [6.45, 7) is 2.60. The lowest BCUT2D eigenvalue weighted by Gasteiger charge is -2.14. The van der Waals surface area contributed by atoms with Gasteiger partial charge in [-0.15, -0.1) is 0 Å². The average molecular weight is 506 g/mol. The minimum Gasteiger partial charge on any atom is -0.490 e. The Morgan fingerprint density at radius 1 is 1.13 bits per heavy atom. The van der Waals surface area contributed by atoms with Gasteiger partial charge in [0.05, 0.1) is 12.8 Å². The maximum absolute atomic E-state index is 13.0. The molecule has 1 N–H and O–H groups in total. The molecule has 0 aliphatic heterocycles. The summed E-state index contributed by atoms with van der Waals surface area (Å²) in [6.07, 6.45) is 1.48. The zero-order chi connectivity index (χ0) is 22.2. The Morgan fingerprint density at radius 3 is 2.55 bits per heavy atom. The summed E-state index contributed by atoms with van der Waals surface area (Å²) < 4.78 is 25.3. The van der Waals surface area contributed by atoms with E-state index in [9.17, 15) is 9.18 Å². The van der Waals surface area contributed by atoms with E-state index in [-0.39, 0.29) is 6.61 Å². The van der Waals surface area contributed by atoms with Crippen LogP contribution in [0.15, 0.2) is 70.2 Å². The largest absolute Gasteiger partial charge is 0.490 e. The molecule has 0 fully saturated rings. The normalized spacial score (nSPS) is 10.8. The number of halogens is 3. The molecule has 0 bridgehead atoms. The number of hydrazone groups is 1. The molecule has 0 saturated heterocycles. The van der Waals surface area contributed by atoms with E-state index in [1.165, 1.54) is 30.5 Å². The van der Waals surface area contributed by atoms with Gasteiger partial charge in [-0.05, 0) is 65.3 Å². The van der Waals surface area contributed by atoms with Crippen molar-refractivity contribution >= 4 is 39.7 Å². The molecule has 0 spiro atoms. The maximum Gasteiger partial charge on any atom is 0.271 e. The molecule has 0 aliphatic rings. The van der Waals surface area contributed by atoms with E-state index in [0.29, 0.717) is 38.7 Å². The van der Waals surface area contributed by atoms with Gasteiger partial charge in [-0.1, -0.05) is 29.8 Å². The maximum atomic E-state index is 13.0. The van der Waals surface area contributed by atoms with Gasteiger partial charge in [0.25, 0.3) is 5.91 Å². The van der Waals surface area contributed by atoms with Crippen molar-refractivity contribution in [3.05, 3.63) is 92.7 Å². The summed E-state index contributed by atoms with van der Waals surface area (Å²) in [7, 11) is 0. The van der Waals surface area contributed by atoms with E-state index in [0.717, 1.165) is 5.56 Å². The first kappa shape index (κ1) is 22.8. The predicted molar refractivity (Wildman–Crippen MR) is 123 cm³/mol. The Kier molecular flexibility index (Phi) is 8.03. The summed E-state index contributed by atoms with van der Waals surface area (Å²) in [5, 5.41) is 4.60. The van der Waals surface area contributed by atoms with Crippen LogP contribution in [-0.4, -0.2) is 18.7 Å². The van der Waals surface area contributed by atoms with Crippen LogP contribution in [0.25, 0.3) is 0 Å². The fourth-order valence-electron chi connectivity index (χ4n) is 2.63. The minimum absolute atomic E-state index is 0.285. The molecule has 0 aromatic heterocycles. The average Bonchev–Trinajstić information content (AvgIpc) is 2.76. The van der Waals surface area contributed by atoms with Gasteiger partial charge in [0.15, 0.2) is 11.5 Å². The van der Waals surface area contributed by atoms with Crippen LogP contribution in [0.3, 0.4) is 0 Å². The lowest BCUT2D eigenvalue weighted by Crippen LogP contribution is -2.17. The van der Waals surface area contributed by atoms with Gasteiger partial charge in [-0.2, -0.15) is 5.10 Å². The molecule has 5 nitrogen and oxygen atoms in total. The summed E-state index contributed by atoms with van der Waals surface area (Å²) in [4.78, 5) is 12.1. The van der Waals surface area contributed by atoms with Crippen molar-refractivity contribution in [1.82, 2.24) is 5.43 Å². The van der Waals surface area contributed by atoms with Gasteiger partial charge in [-0.3, -0.25) is 4.79 Å². The van der Waals surface area contributed by atoms with Gasteiger partial charge >= 0.3 is 0 Å².